The molecule has 0 amide bonds. The summed E-state index contributed by atoms with van der Waals surface area (Å²) >= 11 is 6.44. The van der Waals surface area contributed by atoms with Gasteiger partial charge >= 0.3 is 0 Å². The lowest BCUT2D eigenvalue weighted by Crippen LogP contribution is -2.41. The third-order valence-corrected chi connectivity index (χ3v) is 8.18. The fraction of sp³-hybridized carbons (Fsp3) is 0.682. The van der Waals surface area contributed by atoms with Crippen molar-refractivity contribution in [2.24, 2.45) is 11.8 Å². The molecule has 0 aromatic heterocycles. The summed E-state index contributed by atoms with van der Waals surface area (Å²) in [5.74, 6) is 1.58. The molecule has 3 saturated heterocycles. The van der Waals surface area contributed by atoms with E-state index in [0.717, 1.165) is 48.8 Å². The molecule has 1 aromatic carbocycles. The van der Waals surface area contributed by atoms with E-state index in [1.165, 1.54) is 11.8 Å². The molecule has 32 heavy (non-hydrogen) atoms. The van der Waals surface area contributed by atoms with Crippen LogP contribution >= 0.6 is 11.6 Å². The van der Waals surface area contributed by atoms with Crippen molar-refractivity contribution in [1.82, 2.24) is 9.62 Å². The van der Waals surface area contributed by atoms with Crippen molar-refractivity contribution in [3.63, 3.8) is 0 Å². The number of benzene rings is 1. The Labute approximate surface area is 194 Å². The first-order valence-electron chi connectivity index (χ1n) is 10.9. The Hall–Kier alpha value is -1.39. The van der Waals surface area contributed by atoms with Gasteiger partial charge in [0.25, 0.3) is 6.47 Å². The van der Waals surface area contributed by atoms with E-state index in [9.17, 15) is 8.42 Å². The number of hydrogen-bond donors (Lipinski definition) is 2. The number of nitrogens with one attached hydrogen (secondary N) is 1. The first-order chi connectivity index (χ1) is 15.0. The van der Waals surface area contributed by atoms with E-state index in [1.54, 1.807) is 0 Å². The number of ether oxygens (including phenoxy) is 2. The molecule has 178 valence electrons. The van der Waals surface area contributed by atoms with Crippen molar-refractivity contribution < 1.29 is 27.8 Å². The molecule has 4 heterocycles. The summed E-state index contributed by atoms with van der Waals surface area (Å²) in [5, 5.41) is 7.64. The second kappa shape index (κ2) is 8.43. The van der Waals surface area contributed by atoms with Crippen LogP contribution in [-0.4, -0.2) is 69.1 Å². The minimum atomic E-state index is -3.19. The Morgan fingerprint density at radius 2 is 2.09 bits per heavy atom. The van der Waals surface area contributed by atoms with Gasteiger partial charge in [-0.25, -0.2) is 13.1 Å². The molecule has 1 spiro atoms. The summed E-state index contributed by atoms with van der Waals surface area (Å²) in [6, 6.07) is 4.05. The van der Waals surface area contributed by atoms with Gasteiger partial charge in [0.2, 0.25) is 10.0 Å². The van der Waals surface area contributed by atoms with E-state index in [4.69, 9.17) is 31.0 Å². The standard InChI is InChI=1S/C21H29ClN2O4S.CH2O2/c1-20(2)12-27-19-13(6-14(22)7-16(19)20)9-24-10-17-15(8-23-29(3,25)26)18-4-5-21(17,11-24)28-18;2-1-3/h6-7,15,17-18,23H,4-5,8-12H2,1-3H3;1H,(H,2,3)/t15-,17+,18+,21+;/m0./s1. The van der Waals surface area contributed by atoms with Crippen LogP contribution in [0.15, 0.2) is 12.1 Å². The normalized spacial score (nSPS) is 32.1. The molecule has 10 heteroatoms. The van der Waals surface area contributed by atoms with Crippen LogP contribution in [0.4, 0.5) is 0 Å². The number of carbonyl (C=O) groups is 1. The van der Waals surface area contributed by atoms with E-state index in [2.05, 4.69) is 23.5 Å². The molecular weight excluding hydrogens is 456 g/mol. The summed E-state index contributed by atoms with van der Waals surface area (Å²) in [6.07, 6.45) is 3.48. The molecule has 0 aliphatic carbocycles. The molecular formula is C22H31ClN2O6S. The summed E-state index contributed by atoms with van der Waals surface area (Å²) in [5.41, 5.74) is 2.16. The highest BCUT2D eigenvalue weighted by Gasteiger charge is 2.62. The average Bonchev–Trinajstić information content (AvgIpc) is 3.39. The van der Waals surface area contributed by atoms with Gasteiger partial charge in [0, 0.05) is 59.6 Å². The van der Waals surface area contributed by atoms with Gasteiger partial charge in [0.05, 0.1) is 24.6 Å². The third kappa shape index (κ3) is 4.37. The van der Waals surface area contributed by atoms with Crippen LogP contribution in [0.5, 0.6) is 5.75 Å². The highest BCUT2D eigenvalue weighted by Crippen LogP contribution is 2.55. The van der Waals surface area contributed by atoms with Crippen molar-refractivity contribution in [2.75, 3.05) is 32.5 Å². The van der Waals surface area contributed by atoms with Crippen molar-refractivity contribution in [2.45, 2.75) is 50.4 Å². The van der Waals surface area contributed by atoms with Gasteiger partial charge in [-0.1, -0.05) is 25.4 Å². The molecule has 0 saturated carbocycles. The first kappa shape index (κ1) is 23.8. The van der Waals surface area contributed by atoms with Crippen LogP contribution in [-0.2, 0) is 31.5 Å². The smallest absolute Gasteiger partial charge is 0.290 e. The molecule has 0 radical (unpaired) electrons. The maximum absolute atomic E-state index is 11.6. The maximum atomic E-state index is 11.6. The van der Waals surface area contributed by atoms with Gasteiger partial charge in [-0.15, -0.1) is 0 Å². The zero-order valence-electron chi connectivity index (χ0n) is 18.6. The van der Waals surface area contributed by atoms with Gasteiger partial charge in [-0.05, 0) is 25.0 Å². The molecule has 5 rings (SSSR count). The minimum Gasteiger partial charge on any atom is -0.492 e. The van der Waals surface area contributed by atoms with Gasteiger partial charge in [0.15, 0.2) is 0 Å². The molecule has 0 unspecified atom stereocenters. The average molecular weight is 487 g/mol. The molecule has 4 aliphatic rings. The third-order valence-electron chi connectivity index (χ3n) is 7.27. The number of likely N-dealkylation sites (tertiary alicyclic amines) is 1. The van der Waals surface area contributed by atoms with Crippen LogP contribution in [0.3, 0.4) is 0 Å². The SMILES string of the molecule is CC1(C)COc2c(CN3C[C@@H]4[C@H](CNS(C)(=O)=O)[C@H]5CC[C@]4(C3)O5)cc(Cl)cc21.O=CO. The summed E-state index contributed by atoms with van der Waals surface area (Å²) < 4.78 is 38.4. The van der Waals surface area contributed by atoms with Gasteiger partial charge in [0.1, 0.15) is 5.75 Å². The molecule has 2 bridgehead atoms. The largest absolute Gasteiger partial charge is 0.492 e. The predicted octanol–water partition coefficient (Wildman–Crippen LogP) is 2.24. The van der Waals surface area contributed by atoms with Crippen molar-refractivity contribution in [1.29, 1.82) is 0 Å². The lowest BCUT2D eigenvalue weighted by molar-refractivity contribution is -0.122. The Kier molecular flexibility index (Phi) is 6.26. The number of nitrogens with zero attached hydrogens (tertiary/aromatic N) is 1. The van der Waals surface area contributed by atoms with E-state index in [0.29, 0.717) is 19.1 Å². The number of rotatable bonds is 5. The van der Waals surface area contributed by atoms with Crippen molar-refractivity contribution in [3.05, 3.63) is 28.3 Å². The number of sulfonamides is 1. The lowest BCUT2D eigenvalue weighted by atomic mass is 9.74. The van der Waals surface area contributed by atoms with Crippen LogP contribution in [0.1, 0.15) is 37.8 Å². The summed E-state index contributed by atoms with van der Waals surface area (Å²) in [7, 11) is -3.19. The van der Waals surface area contributed by atoms with E-state index in [1.807, 2.05) is 12.1 Å². The fourth-order valence-corrected chi connectivity index (χ4v) is 6.68. The van der Waals surface area contributed by atoms with Crippen LogP contribution < -0.4 is 9.46 Å². The van der Waals surface area contributed by atoms with E-state index < -0.39 is 10.0 Å². The minimum absolute atomic E-state index is 0.0284. The summed E-state index contributed by atoms with van der Waals surface area (Å²) in [4.78, 5) is 10.8. The van der Waals surface area contributed by atoms with Crippen molar-refractivity contribution in [3.8, 4) is 5.75 Å². The van der Waals surface area contributed by atoms with Crippen LogP contribution in [0.2, 0.25) is 5.02 Å². The molecule has 8 nitrogen and oxygen atoms in total. The molecule has 1 aromatic rings. The van der Waals surface area contributed by atoms with Gasteiger partial charge in [-0.3, -0.25) is 9.69 Å². The van der Waals surface area contributed by atoms with Crippen molar-refractivity contribution >= 4 is 28.1 Å². The van der Waals surface area contributed by atoms with E-state index >= 15 is 0 Å². The molecule has 2 N–H and O–H groups in total. The number of fused-ring (bicyclic) bond motifs is 2. The van der Waals surface area contributed by atoms with Crippen LogP contribution in [0, 0.1) is 11.8 Å². The second-order valence-corrected chi connectivity index (χ2v) is 12.3. The Morgan fingerprint density at radius 3 is 2.78 bits per heavy atom. The highest BCUT2D eigenvalue weighted by atomic mass is 35.5. The molecule has 4 atom stereocenters. The van der Waals surface area contributed by atoms with Gasteiger partial charge < -0.3 is 14.6 Å². The topological polar surface area (TPSA) is 105 Å². The monoisotopic (exact) mass is 486 g/mol. The Morgan fingerprint density at radius 1 is 1.38 bits per heavy atom. The summed E-state index contributed by atoms with van der Waals surface area (Å²) in [6.45, 7) is 7.83. The maximum Gasteiger partial charge on any atom is 0.290 e. The number of hydrogen-bond acceptors (Lipinski definition) is 6. The lowest BCUT2D eigenvalue weighted by Gasteiger charge is -2.29. The Bertz CT molecular complexity index is 1000. The number of halogens is 1. The zero-order valence-corrected chi connectivity index (χ0v) is 20.2. The van der Waals surface area contributed by atoms with Crippen LogP contribution in [0.25, 0.3) is 0 Å². The first-order valence-corrected chi connectivity index (χ1v) is 13.1. The highest BCUT2D eigenvalue weighted by molar-refractivity contribution is 7.88. The zero-order chi connectivity index (χ0) is 23.3. The molecule has 4 aliphatic heterocycles. The van der Waals surface area contributed by atoms with E-state index in [-0.39, 0.29) is 29.5 Å². The van der Waals surface area contributed by atoms with Gasteiger partial charge in [-0.2, -0.15) is 0 Å². The predicted molar refractivity (Wildman–Crippen MR) is 121 cm³/mol. The molecule has 3 fully saturated rings. The quantitative estimate of drug-likeness (QED) is 0.615. The fourth-order valence-electron chi connectivity index (χ4n) is 5.94. The second-order valence-electron chi connectivity index (χ2n) is 10.0. The Balaban J connectivity index is 0.000000775. The number of carboxylic acid groups (broad SMARTS) is 1.